The quantitative estimate of drug-likeness (QED) is 0.866. The second kappa shape index (κ2) is 6.90. The van der Waals surface area contributed by atoms with Crippen molar-refractivity contribution in [1.82, 2.24) is 5.32 Å². The highest BCUT2D eigenvalue weighted by atomic mass is 19.1. The van der Waals surface area contributed by atoms with E-state index >= 15 is 0 Å². The average molecular weight is 265 g/mol. The Balaban J connectivity index is 2.27. The fraction of sp³-hybridized carbons (Fsp3) is 0.625. The van der Waals surface area contributed by atoms with Crippen molar-refractivity contribution in [1.29, 1.82) is 0 Å². The zero-order valence-electron chi connectivity index (χ0n) is 11.9. The van der Waals surface area contributed by atoms with Gasteiger partial charge >= 0.3 is 0 Å². The summed E-state index contributed by atoms with van der Waals surface area (Å²) in [5, 5.41) is 3.47. The Kier molecular flexibility index (Phi) is 5.20. The van der Waals surface area contributed by atoms with Crippen molar-refractivity contribution in [2.75, 3.05) is 13.7 Å². The Bertz CT molecular complexity index is 402. The molecule has 1 fully saturated rings. The lowest BCUT2D eigenvalue weighted by Gasteiger charge is -2.31. The average Bonchev–Trinajstić information content (AvgIpc) is 2.46. The number of halogens is 1. The van der Waals surface area contributed by atoms with Crippen molar-refractivity contribution in [3.63, 3.8) is 0 Å². The Hall–Kier alpha value is -1.09. The van der Waals surface area contributed by atoms with E-state index in [0.717, 1.165) is 12.1 Å². The second-order valence-electron chi connectivity index (χ2n) is 5.30. The third kappa shape index (κ3) is 3.27. The molecule has 0 amide bonds. The predicted octanol–water partition coefficient (Wildman–Crippen LogP) is 4.07. The van der Waals surface area contributed by atoms with Crippen LogP contribution in [0.5, 0.6) is 5.75 Å². The van der Waals surface area contributed by atoms with Gasteiger partial charge in [0.25, 0.3) is 0 Å². The first kappa shape index (κ1) is 14.3. The van der Waals surface area contributed by atoms with Crippen LogP contribution in [-0.2, 0) is 0 Å². The highest BCUT2D eigenvalue weighted by Gasteiger charge is 2.27. The monoisotopic (exact) mass is 265 g/mol. The van der Waals surface area contributed by atoms with Crippen LogP contribution in [0.15, 0.2) is 18.2 Å². The predicted molar refractivity (Wildman–Crippen MR) is 75.9 cm³/mol. The van der Waals surface area contributed by atoms with Crippen LogP contribution in [-0.4, -0.2) is 13.7 Å². The molecule has 2 rings (SSSR count). The lowest BCUT2D eigenvalue weighted by atomic mass is 9.81. The van der Waals surface area contributed by atoms with Crippen molar-refractivity contribution >= 4 is 0 Å². The van der Waals surface area contributed by atoms with E-state index in [1.54, 1.807) is 6.07 Å². The first-order valence-electron chi connectivity index (χ1n) is 7.33. The fourth-order valence-electron chi connectivity index (χ4n) is 3.14. The van der Waals surface area contributed by atoms with E-state index in [9.17, 15) is 4.39 Å². The lowest BCUT2D eigenvalue weighted by Crippen LogP contribution is -2.30. The van der Waals surface area contributed by atoms with Gasteiger partial charge in [-0.3, -0.25) is 0 Å². The highest BCUT2D eigenvalue weighted by molar-refractivity contribution is 5.33. The Morgan fingerprint density at radius 1 is 1.32 bits per heavy atom. The summed E-state index contributed by atoms with van der Waals surface area (Å²) in [6.07, 6.45) is 6.22. The molecule has 1 atom stereocenters. The first-order valence-corrected chi connectivity index (χ1v) is 7.33. The van der Waals surface area contributed by atoms with E-state index in [-0.39, 0.29) is 11.9 Å². The SMILES string of the molecule is CCNC(c1cccc(OC)c1F)C1CCCCC1. The van der Waals surface area contributed by atoms with Crippen LogP contribution in [0.4, 0.5) is 4.39 Å². The highest BCUT2D eigenvalue weighted by Crippen LogP contribution is 2.36. The van der Waals surface area contributed by atoms with Crippen LogP contribution < -0.4 is 10.1 Å². The molecule has 0 heterocycles. The molecule has 1 aliphatic carbocycles. The smallest absolute Gasteiger partial charge is 0.169 e. The largest absolute Gasteiger partial charge is 0.494 e. The molecular weight excluding hydrogens is 241 g/mol. The van der Waals surface area contributed by atoms with Gasteiger partial charge in [0.1, 0.15) is 0 Å². The number of benzene rings is 1. The van der Waals surface area contributed by atoms with Gasteiger partial charge in [0.05, 0.1) is 7.11 Å². The van der Waals surface area contributed by atoms with Crippen LogP contribution in [0.25, 0.3) is 0 Å². The standard InChI is InChI=1S/C16H24FNO/c1-3-18-16(12-8-5-4-6-9-12)13-10-7-11-14(19-2)15(13)17/h7,10-12,16,18H,3-6,8-9H2,1-2H3. The van der Waals surface area contributed by atoms with Crippen molar-refractivity contribution in [3.8, 4) is 5.75 Å². The van der Waals surface area contributed by atoms with Crippen LogP contribution in [0.3, 0.4) is 0 Å². The maximum Gasteiger partial charge on any atom is 0.169 e. The van der Waals surface area contributed by atoms with Gasteiger partial charge in [0, 0.05) is 11.6 Å². The summed E-state index contributed by atoms with van der Waals surface area (Å²) in [6.45, 7) is 2.94. The summed E-state index contributed by atoms with van der Waals surface area (Å²) in [6, 6.07) is 5.56. The zero-order chi connectivity index (χ0) is 13.7. The third-order valence-electron chi connectivity index (χ3n) is 4.09. The van der Waals surface area contributed by atoms with E-state index in [1.165, 1.54) is 39.2 Å². The maximum absolute atomic E-state index is 14.4. The molecule has 1 N–H and O–H groups in total. The Morgan fingerprint density at radius 3 is 2.68 bits per heavy atom. The molecule has 0 aliphatic heterocycles. The molecular formula is C16H24FNO. The number of rotatable bonds is 5. The topological polar surface area (TPSA) is 21.3 Å². The van der Waals surface area contributed by atoms with Crippen molar-refractivity contribution in [2.24, 2.45) is 5.92 Å². The summed E-state index contributed by atoms with van der Waals surface area (Å²) in [5.41, 5.74) is 0.758. The second-order valence-corrected chi connectivity index (χ2v) is 5.30. The lowest BCUT2D eigenvalue weighted by molar-refractivity contribution is 0.267. The van der Waals surface area contributed by atoms with Crippen LogP contribution in [0.2, 0.25) is 0 Å². The van der Waals surface area contributed by atoms with Gasteiger partial charge < -0.3 is 10.1 Å². The molecule has 3 heteroatoms. The summed E-state index contributed by atoms with van der Waals surface area (Å²) in [5.74, 6) is 0.674. The van der Waals surface area contributed by atoms with E-state index < -0.39 is 0 Å². The van der Waals surface area contributed by atoms with Crippen molar-refractivity contribution < 1.29 is 9.13 Å². The van der Waals surface area contributed by atoms with E-state index in [1.807, 2.05) is 12.1 Å². The number of hydrogen-bond donors (Lipinski definition) is 1. The molecule has 1 unspecified atom stereocenters. The van der Waals surface area contributed by atoms with Crippen LogP contribution in [0, 0.1) is 11.7 Å². The molecule has 19 heavy (non-hydrogen) atoms. The van der Waals surface area contributed by atoms with Gasteiger partial charge in [0.2, 0.25) is 0 Å². The van der Waals surface area contributed by atoms with Crippen LogP contribution in [0.1, 0.15) is 50.6 Å². The molecule has 0 aromatic heterocycles. The summed E-state index contributed by atoms with van der Waals surface area (Å²) in [4.78, 5) is 0. The van der Waals surface area contributed by atoms with Gasteiger partial charge in [-0.05, 0) is 31.4 Å². The molecule has 0 spiro atoms. The van der Waals surface area contributed by atoms with Crippen molar-refractivity contribution in [2.45, 2.75) is 45.1 Å². The maximum atomic E-state index is 14.4. The van der Waals surface area contributed by atoms with Gasteiger partial charge in [-0.2, -0.15) is 0 Å². The van der Waals surface area contributed by atoms with Gasteiger partial charge in [-0.25, -0.2) is 4.39 Å². The fourth-order valence-corrected chi connectivity index (χ4v) is 3.14. The number of nitrogens with one attached hydrogen (secondary N) is 1. The minimum absolute atomic E-state index is 0.111. The Labute approximate surface area is 115 Å². The molecule has 1 aromatic carbocycles. The minimum Gasteiger partial charge on any atom is -0.494 e. The summed E-state index contributed by atoms with van der Waals surface area (Å²) in [7, 11) is 1.52. The molecule has 2 nitrogen and oxygen atoms in total. The molecule has 1 saturated carbocycles. The molecule has 1 aromatic rings. The van der Waals surface area contributed by atoms with Crippen molar-refractivity contribution in [3.05, 3.63) is 29.6 Å². The zero-order valence-corrected chi connectivity index (χ0v) is 11.9. The number of hydrogen-bond acceptors (Lipinski definition) is 2. The number of ether oxygens (including phenoxy) is 1. The molecule has 1 aliphatic rings. The van der Waals surface area contributed by atoms with Gasteiger partial charge in [-0.15, -0.1) is 0 Å². The third-order valence-corrected chi connectivity index (χ3v) is 4.09. The van der Waals surface area contributed by atoms with Crippen LogP contribution >= 0.6 is 0 Å². The van der Waals surface area contributed by atoms with E-state index in [4.69, 9.17) is 4.74 Å². The molecule has 0 saturated heterocycles. The minimum atomic E-state index is -0.207. The molecule has 0 radical (unpaired) electrons. The molecule has 106 valence electrons. The molecule has 0 bridgehead atoms. The normalized spacial score (nSPS) is 18.3. The Morgan fingerprint density at radius 2 is 2.05 bits per heavy atom. The van der Waals surface area contributed by atoms with E-state index in [0.29, 0.717) is 11.7 Å². The summed E-state index contributed by atoms with van der Waals surface area (Å²) >= 11 is 0. The summed E-state index contributed by atoms with van der Waals surface area (Å²) < 4.78 is 19.5. The van der Waals surface area contributed by atoms with Gasteiger partial charge in [0.15, 0.2) is 11.6 Å². The number of methoxy groups -OCH3 is 1. The van der Waals surface area contributed by atoms with E-state index in [2.05, 4.69) is 12.2 Å². The van der Waals surface area contributed by atoms with Gasteiger partial charge in [-0.1, -0.05) is 38.3 Å². The first-order chi connectivity index (χ1) is 9.27.